The topological polar surface area (TPSA) is 135 Å². The first kappa shape index (κ1) is 26.5. The Labute approximate surface area is 199 Å². The number of anilines is 2. The number of amides is 4. The quantitative estimate of drug-likeness (QED) is 0.443. The molecule has 34 heavy (non-hydrogen) atoms. The van der Waals surface area contributed by atoms with Gasteiger partial charge in [0.2, 0.25) is 5.91 Å². The maximum absolute atomic E-state index is 12.7. The molecule has 0 aliphatic heterocycles. The Morgan fingerprint density at radius 1 is 0.853 bits per heavy atom. The van der Waals surface area contributed by atoms with E-state index in [1.54, 1.807) is 68.5 Å². The molecule has 0 atom stereocenters. The molecule has 0 fully saturated rings. The molecule has 0 unspecified atom stereocenters. The number of ether oxygens (including phenoxy) is 1. The monoisotopic (exact) mass is 474 g/mol. The van der Waals surface area contributed by atoms with Crippen molar-refractivity contribution in [3.63, 3.8) is 0 Å². The number of hydrogen-bond acceptors (Lipinski definition) is 5. The number of aryl methyl sites for hydroxylation is 2. The summed E-state index contributed by atoms with van der Waals surface area (Å²) in [5.74, 6) is -0.921. The number of nitrogens with zero attached hydrogens (tertiary/aromatic N) is 2. The molecule has 2 rings (SSSR count). The van der Waals surface area contributed by atoms with Gasteiger partial charge in [-0.2, -0.15) is 0 Å². The van der Waals surface area contributed by atoms with Crippen molar-refractivity contribution in [3.8, 4) is 0 Å². The van der Waals surface area contributed by atoms with E-state index in [0.717, 1.165) is 6.42 Å². The summed E-state index contributed by atoms with van der Waals surface area (Å²) in [7, 11) is 3.41. The van der Waals surface area contributed by atoms with E-state index < -0.39 is 11.7 Å². The third-order valence-corrected chi connectivity index (χ3v) is 4.57. The third kappa shape index (κ3) is 7.98. The van der Waals surface area contributed by atoms with Crippen LogP contribution < -0.4 is 21.3 Å². The molecule has 0 spiro atoms. The van der Waals surface area contributed by atoms with Crippen LogP contribution in [0.2, 0.25) is 0 Å². The fraction of sp³-hybridized carbons (Fsp3) is 0.478. The highest BCUT2D eigenvalue weighted by Gasteiger charge is 2.18. The number of carbonyl (C=O) groups is 4. The van der Waals surface area contributed by atoms with Crippen LogP contribution in [0.25, 0.3) is 0 Å². The zero-order chi connectivity index (χ0) is 25.5. The fourth-order valence-corrected chi connectivity index (χ4v) is 3.06. The van der Waals surface area contributed by atoms with Crippen LogP contribution in [-0.2, 0) is 23.6 Å². The molecule has 4 amide bonds. The molecule has 0 aromatic carbocycles. The molecule has 2 aromatic rings. The molecule has 11 nitrogen and oxygen atoms in total. The molecular weight excluding hydrogens is 440 g/mol. The molecule has 2 aromatic heterocycles. The van der Waals surface area contributed by atoms with Gasteiger partial charge in [-0.3, -0.25) is 14.4 Å². The third-order valence-electron chi connectivity index (χ3n) is 4.57. The Morgan fingerprint density at radius 2 is 1.41 bits per heavy atom. The lowest BCUT2D eigenvalue weighted by molar-refractivity contribution is -0.116. The summed E-state index contributed by atoms with van der Waals surface area (Å²) in [6, 6.07) is 3.15. The summed E-state index contributed by atoms with van der Waals surface area (Å²) in [6.07, 6.45) is 3.55. The number of hydrogen-bond donors (Lipinski definition) is 4. The predicted molar refractivity (Wildman–Crippen MR) is 129 cm³/mol. The predicted octanol–water partition coefficient (Wildman–Crippen LogP) is 2.61. The van der Waals surface area contributed by atoms with Gasteiger partial charge in [0.05, 0.1) is 11.4 Å². The summed E-state index contributed by atoms with van der Waals surface area (Å²) < 4.78 is 8.34. The van der Waals surface area contributed by atoms with Crippen molar-refractivity contribution in [1.82, 2.24) is 19.8 Å². The highest BCUT2D eigenvalue weighted by molar-refractivity contribution is 6.05. The lowest BCUT2D eigenvalue weighted by Gasteiger charge is -2.19. The summed E-state index contributed by atoms with van der Waals surface area (Å²) in [5.41, 5.74) is 1.07. The molecule has 2 heterocycles. The second-order valence-electron chi connectivity index (χ2n) is 8.89. The van der Waals surface area contributed by atoms with Gasteiger partial charge in [0, 0.05) is 46.0 Å². The van der Waals surface area contributed by atoms with Crippen LogP contribution in [0.1, 0.15) is 61.5 Å². The van der Waals surface area contributed by atoms with Crippen molar-refractivity contribution in [2.45, 2.75) is 46.1 Å². The Hall–Kier alpha value is -3.76. The first-order valence-electron chi connectivity index (χ1n) is 11.1. The van der Waals surface area contributed by atoms with Crippen LogP contribution in [0.4, 0.5) is 16.2 Å². The molecule has 0 aliphatic rings. The molecule has 0 aliphatic carbocycles. The van der Waals surface area contributed by atoms with E-state index >= 15 is 0 Å². The summed E-state index contributed by atoms with van der Waals surface area (Å²) in [6.45, 7) is 7.91. The van der Waals surface area contributed by atoms with Gasteiger partial charge in [0.1, 0.15) is 17.0 Å². The molecule has 0 saturated heterocycles. The Balaban J connectivity index is 1.92. The first-order valence-corrected chi connectivity index (χ1v) is 11.1. The van der Waals surface area contributed by atoms with Gasteiger partial charge < -0.3 is 35.1 Å². The second-order valence-corrected chi connectivity index (χ2v) is 8.89. The normalized spacial score (nSPS) is 11.0. The highest BCUT2D eigenvalue weighted by atomic mass is 16.6. The molecule has 186 valence electrons. The van der Waals surface area contributed by atoms with Crippen LogP contribution in [0.3, 0.4) is 0 Å². The van der Waals surface area contributed by atoms with Crippen molar-refractivity contribution in [2.75, 3.05) is 23.7 Å². The van der Waals surface area contributed by atoms with Crippen LogP contribution in [0.5, 0.6) is 0 Å². The second kappa shape index (κ2) is 11.4. The van der Waals surface area contributed by atoms with Gasteiger partial charge >= 0.3 is 6.09 Å². The SMILES string of the molecule is CCCNC(=O)c1cc(NC(=O)c2cc(NC(=O)CCNC(=O)OC(C)(C)C)cn2C)cn1C. The number of rotatable bonds is 9. The molecule has 4 N–H and O–H groups in total. The molecule has 0 bridgehead atoms. The average Bonchev–Trinajstić information content (AvgIpc) is 3.26. The maximum atomic E-state index is 12.7. The van der Waals surface area contributed by atoms with E-state index in [-0.39, 0.29) is 30.7 Å². The summed E-state index contributed by atoms with van der Waals surface area (Å²) in [5, 5.41) is 10.8. The van der Waals surface area contributed by atoms with Gasteiger partial charge in [-0.25, -0.2) is 4.79 Å². The number of carbonyl (C=O) groups excluding carboxylic acids is 4. The van der Waals surface area contributed by atoms with E-state index in [9.17, 15) is 19.2 Å². The summed E-state index contributed by atoms with van der Waals surface area (Å²) in [4.78, 5) is 48.8. The van der Waals surface area contributed by atoms with E-state index in [4.69, 9.17) is 4.74 Å². The Kier molecular flexibility index (Phi) is 8.88. The van der Waals surface area contributed by atoms with E-state index in [1.165, 1.54) is 0 Å². The number of aromatic nitrogens is 2. The summed E-state index contributed by atoms with van der Waals surface area (Å²) >= 11 is 0. The standard InChI is InChI=1S/C23H34N6O5/c1-7-9-24-20(31)17-12-16(14-28(17)5)27-21(32)18-11-15(13-29(18)6)26-19(30)8-10-25-22(33)34-23(2,3)4/h11-14H,7-10H2,1-6H3,(H,24,31)(H,25,33)(H,26,30)(H,27,32). The van der Waals surface area contributed by atoms with Crippen LogP contribution >= 0.6 is 0 Å². The zero-order valence-corrected chi connectivity index (χ0v) is 20.6. The minimum Gasteiger partial charge on any atom is -0.444 e. The van der Waals surface area contributed by atoms with Gasteiger partial charge in [-0.15, -0.1) is 0 Å². The molecule has 11 heteroatoms. The van der Waals surface area contributed by atoms with Crippen LogP contribution in [0.15, 0.2) is 24.5 Å². The molecular formula is C23H34N6O5. The van der Waals surface area contributed by atoms with Crippen molar-refractivity contribution in [3.05, 3.63) is 35.9 Å². The van der Waals surface area contributed by atoms with E-state index in [1.807, 2.05) is 6.92 Å². The van der Waals surface area contributed by atoms with Crippen molar-refractivity contribution >= 4 is 35.2 Å². The van der Waals surface area contributed by atoms with E-state index in [2.05, 4.69) is 21.3 Å². The molecule has 0 radical (unpaired) electrons. The fourth-order valence-electron chi connectivity index (χ4n) is 3.06. The van der Waals surface area contributed by atoms with Gasteiger partial charge in [-0.05, 0) is 39.3 Å². The zero-order valence-electron chi connectivity index (χ0n) is 20.6. The minimum atomic E-state index is -0.615. The number of nitrogens with one attached hydrogen (secondary N) is 4. The largest absolute Gasteiger partial charge is 0.444 e. The highest BCUT2D eigenvalue weighted by Crippen LogP contribution is 2.17. The average molecular weight is 475 g/mol. The number of alkyl carbamates (subject to hydrolysis) is 1. The van der Waals surface area contributed by atoms with Gasteiger partial charge in [0.25, 0.3) is 11.8 Å². The Morgan fingerprint density at radius 3 is 1.97 bits per heavy atom. The van der Waals surface area contributed by atoms with Crippen molar-refractivity contribution in [2.24, 2.45) is 14.1 Å². The van der Waals surface area contributed by atoms with Crippen LogP contribution in [-0.4, -0.2) is 51.6 Å². The van der Waals surface area contributed by atoms with Crippen molar-refractivity contribution < 1.29 is 23.9 Å². The van der Waals surface area contributed by atoms with E-state index in [0.29, 0.717) is 29.3 Å². The minimum absolute atomic E-state index is 0.0442. The Bertz CT molecular complexity index is 1050. The van der Waals surface area contributed by atoms with Gasteiger partial charge in [0.15, 0.2) is 0 Å². The smallest absolute Gasteiger partial charge is 0.407 e. The molecule has 0 saturated carbocycles. The van der Waals surface area contributed by atoms with Gasteiger partial charge in [-0.1, -0.05) is 6.92 Å². The van der Waals surface area contributed by atoms with Crippen molar-refractivity contribution in [1.29, 1.82) is 0 Å². The first-order chi connectivity index (χ1) is 15.9. The lowest BCUT2D eigenvalue weighted by atomic mass is 10.2. The lowest BCUT2D eigenvalue weighted by Crippen LogP contribution is -2.34. The maximum Gasteiger partial charge on any atom is 0.407 e. The van der Waals surface area contributed by atoms with Crippen LogP contribution in [0, 0.1) is 0 Å².